The van der Waals surface area contributed by atoms with Crippen LogP contribution in [-0.2, 0) is 33.6 Å². The summed E-state index contributed by atoms with van der Waals surface area (Å²) in [5.41, 5.74) is 0. The van der Waals surface area contributed by atoms with E-state index in [1.54, 1.807) is 24.3 Å². The van der Waals surface area contributed by atoms with Crippen LogP contribution < -0.4 is 15.7 Å². The smallest absolute Gasteiger partial charge is 0.550 e. The van der Waals surface area contributed by atoms with Gasteiger partial charge >= 0.3 is 25.4 Å². The van der Waals surface area contributed by atoms with Crippen LogP contribution in [0, 0.1) is 0 Å². The Balaban J connectivity index is 0.000000848. The molecule has 0 aliphatic rings. The molecule has 2 aromatic rings. The average Bonchev–Trinajstić information content (AvgIpc) is 2.61. The Kier molecular flexibility index (Phi) is 10.6. The predicted molar refractivity (Wildman–Crippen MR) is 92.1 cm³/mol. The van der Waals surface area contributed by atoms with Gasteiger partial charge in [0.1, 0.15) is 7.14 Å². The second kappa shape index (κ2) is 11.5. The molecule has 0 radical (unpaired) electrons. The van der Waals surface area contributed by atoms with Crippen molar-refractivity contribution in [3.8, 4) is 0 Å². The summed E-state index contributed by atoms with van der Waals surface area (Å²) in [5.74, 6) is -2.16. The second-order valence-corrected chi connectivity index (χ2v) is 7.76. The summed E-state index contributed by atoms with van der Waals surface area (Å²) in [7, 11) is -2.90. The number of carboxylic acids is 2. The monoisotopic (exact) mass is 409 g/mol. The molecule has 0 amide bonds. The van der Waals surface area contributed by atoms with Crippen molar-refractivity contribution in [2.24, 2.45) is 0 Å². The van der Waals surface area contributed by atoms with E-state index >= 15 is 0 Å². The zero-order valence-corrected chi connectivity index (χ0v) is 17.6. The first-order valence-electron chi connectivity index (χ1n) is 7.15. The molecule has 0 fully saturated rings. The Morgan fingerprint density at radius 2 is 1.36 bits per heavy atom. The van der Waals surface area contributed by atoms with E-state index in [-0.39, 0.29) is 32.1 Å². The van der Waals surface area contributed by atoms with Crippen LogP contribution in [0.5, 0.6) is 0 Å². The average molecular weight is 411 g/mol. The molecular weight excluding hydrogens is 393 g/mol. The van der Waals surface area contributed by atoms with Gasteiger partial charge in [0.15, 0.2) is 0 Å². The van der Waals surface area contributed by atoms with Crippen LogP contribution in [0.25, 0.3) is 0 Å². The van der Waals surface area contributed by atoms with Crippen molar-refractivity contribution in [2.45, 2.75) is 6.42 Å². The Bertz CT molecular complexity index is 688. The Morgan fingerprint density at radius 1 is 1.00 bits per heavy atom. The van der Waals surface area contributed by atoms with Gasteiger partial charge in [-0.05, 0) is 6.42 Å². The maximum Gasteiger partial charge on any atom is 2.00 e. The standard InChI is InChI=1S/C15H15O3P.C3H4O2.Zn/c16-15(17)11-12-19(18,13-7-3-1-4-8-13)14-9-5-2-6-10-14;1-2-3(4)5;/h1-10H,11-12H2,(H,16,17);2H,1H2,(H,4,5);/q;;+2/p-1. The number of benzene rings is 2. The minimum Gasteiger partial charge on any atom is -0.550 e. The van der Waals surface area contributed by atoms with Crippen molar-refractivity contribution < 1.29 is 43.8 Å². The molecule has 2 aromatic carbocycles. The minimum atomic E-state index is -2.90. The fourth-order valence-electron chi connectivity index (χ4n) is 1.99. The van der Waals surface area contributed by atoms with Crippen molar-refractivity contribution in [1.29, 1.82) is 0 Å². The van der Waals surface area contributed by atoms with Crippen molar-refractivity contribution in [1.82, 2.24) is 0 Å². The molecule has 5 nitrogen and oxygen atoms in total. The zero-order chi connectivity index (χ0) is 18.0. The van der Waals surface area contributed by atoms with Crippen LogP contribution in [0.3, 0.4) is 0 Å². The molecular formula is C18H18O5PZn+. The summed E-state index contributed by atoms with van der Waals surface area (Å²) >= 11 is 0. The maximum atomic E-state index is 13.2. The summed E-state index contributed by atoms with van der Waals surface area (Å²) in [6.45, 7) is 2.96. The Morgan fingerprint density at radius 3 is 1.64 bits per heavy atom. The molecule has 0 aromatic heterocycles. The Labute approximate surface area is 159 Å². The number of carbonyl (C=O) groups is 2. The molecule has 1 N–H and O–H groups in total. The summed E-state index contributed by atoms with van der Waals surface area (Å²) < 4.78 is 13.2. The fourth-order valence-corrected chi connectivity index (χ4v) is 4.61. The maximum absolute atomic E-state index is 13.2. The van der Waals surface area contributed by atoms with E-state index in [0.717, 1.165) is 6.08 Å². The van der Waals surface area contributed by atoms with Gasteiger partial charge in [-0.15, -0.1) is 0 Å². The minimum absolute atomic E-state index is 0. The van der Waals surface area contributed by atoms with Crippen molar-refractivity contribution in [3.63, 3.8) is 0 Å². The van der Waals surface area contributed by atoms with Crippen LogP contribution in [0.4, 0.5) is 0 Å². The third-order valence-corrected chi connectivity index (χ3v) is 6.27. The third-order valence-electron chi connectivity index (χ3n) is 3.15. The molecule has 126 valence electrons. The number of aliphatic carboxylic acids is 2. The molecule has 0 aliphatic carbocycles. The van der Waals surface area contributed by atoms with Gasteiger partial charge in [0.2, 0.25) is 0 Å². The van der Waals surface area contributed by atoms with Crippen molar-refractivity contribution in [2.75, 3.05) is 6.16 Å². The number of carbonyl (C=O) groups excluding carboxylic acids is 1. The predicted octanol–water partition coefficient (Wildman–Crippen LogP) is 1.39. The quantitative estimate of drug-likeness (QED) is 0.441. The van der Waals surface area contributed by atoms with Crippen LogP contribution in [0.1, 0.15) is 6.42 Å². The zero-order valence-electron chi connectivity index (χ0n) is 13.7. The Hall–Kier alpha value is -2.03. The molecule has 0 spiro atoms. The normalized spacial score (nSPS) is 9.76. The van der Waals surface area contributed by atoms with Crippen molar-refractivity contribution in [3.05, 3.63) is 73.3 Å². The van der Waals surface area contributed by atoms with Gasteiger partial charge in [0, 0.05) is 28.8 Å². The molecule has 0 bridgehead atoms. The largest absolute Gasteiger partial charge is 2.00 e. The summed E-state index contributed by atoms with van der Waals surface area (Å²) in [6, 6.07) is 18.1. The van der Waals surface area contributed by atoms with E-state index in [1.165, 1.54) is 0 Å². The van der Waals surface area contributed by atoms with E-state index in [1.807, 2.05) is 36.4 Å². The molecule has 25 heavy (non-hydrogen) atoms. The molecule has 0 aliphatic heterocycles. The van der Waals surface area contributed by atoms with Crippen LogP contribution in [0.15, 0.2) is 73.3 Å². The first-order chi connectivity index (χ1) is 11.4. The van der Waals surface area contributed by atoms with Gasteiger partial charge in [0.25, 0.3) is 0 Å². The molecule has 0 saturated carbocycles. The molecule has 0 heterocycles. The third kappa shape index (κ3) is 7.59. The summed E-state index contributed by atoms with van der Waals surface area (Å²) in [5, 5.41) is 19.6. The number of carboxylic acid groups (broad SMARTS) is 2. The van der Waals surface area contributed by atoms with E-state index in [2.05, 4.69) is 6.58 Å². The van der Waals surface area contributed by atoms with Crippen LogP contribution >= 0.6 is 7.14 Å². The van der Waals surface area contributed by atoms with Gasteiger partial charge in [-0.25, -0.2) is 4.79 Å². The van der Waals surface area contributed by atoms with Crippen LogP contribution in [-0.4, -0.2) is 23.2 Å². The first-order valence-corrected chi connectivity index (χ1v) is 9.05. The second-order valence-electron chi connectivity index (χ2n) is 4.80. The van der Waals surface area contributed by atoms with E-state index in [0.29, 0.717) is 10.6 Å². The molecule has 7 heteroatoms. The van der Waals surface area contributed by atoms with Gasteiger partial charge in [-0.1, -0.05) is 67.2 Å². The van der Waals surface area contributed by atoms with E-state index in [9.17, 15) is 19.3 Å². The molecule has 0 saturated heterocycles. The number of rotatable bonds is 6. The molecule has 0 atom stereocenters. The van der Waals surface area contributed by atoms with Gasteiger partial charge in [0.05, 0.1) is 0 Å². The fraction of sp³-hybridized carbons (Fsp3) is 0.111. The van der Waals surface area contributed by atoms with E-state index in [4.69, 9.17) is 5.11 Å². The summed E-state index contributed by atoms with van der Waals surface area (Å²) in [6.07, 6.45) is 0.713. The van der Waals surface area contributed by atoms with Crippen LogP contribution in [0.2, 0.25) is 0 Å². The topological polar surface area (TPSA) is 94.5 Å². The first kappa shape index (κ1) is 23.0. The molecule has 2 rings (SSSR count). The van der Waals surface area contributed by atoms with Gasteiger partial charge < -0.3 is 19.6 Å². The SMILES string of the molecule is C=CC(=O)O.O=C([O-])CCP(=O)(c1ccccc1)c1ccccc1.[Zn+2]. The van der Waals surface area contributed by atoms with E-state index < -0.39 is 19.1 Å². The molecule has 0 unspecified atom stereocenters. The van der Waals surface area contributed by atoms with Gasteiger partial charge in [-0.2, -0.15) is 0 Å². The summed E-state index contributed by atoms with van der Waals surface area (Å²) in [4.78, 5) is 19.9. The number of hydrogen-bond acceptors (Lipinski definition) is 4. The van der Waals surface area contributed by atoms with Gasteiger partial charge in [-0.3, -0.25) is 0 Å². The van der Waals surface area contributed by atoms with Crippen molar-refractivity contribution >= 4 is 29.7 Å². The number of hydrogen-bond donors (Lipinski definition) is 1.